The molecule has 0 aliphatic rings. The van der Waals surface area contributed by atoms with E-state index in [0.717, 1.165) is 75.2 Å². The van der Waals surface area contributed by atoms with E-state index >= 15 is 8.42 Å². The van der Waals surface area contributed by atoms with Crippen LogP contribution in [0.5, 0.6) is 0 Å². The summed E-state index contributed by atoms with van der Waals surface area (Å²) in [6, 6.07) is 51.2. The van der Waals surface area contributed by atoms with Gasteiger partial charge in [-0.3, -0.25) is 0 Å². The molecule has 0 aromatic heterocycles. The van der Waals surface area contributed by atoms with Crippen LogP contribution in [0.4, 0.5) is 0 Å². The maximum atomic E-state index is 16.4. The average Bonchev–Trinajstić information content (AvgIpc) is 3.35. The summed E-state index contributed by atoms with van der Waals surface area (Å²) in [5, 5.41) is 5.08. The number of fused-ring (bicyclic) bond motifs is 1. The molecule has 6 aromatic rings. The summed E-state index contributed by atoms with van der Waals surface area (Å²) in [6.45, 7) is 0.00117. The number of hydrogen-bond acceptors (Lipinski definition) is 3. The summed E-state index contributed by atoms with van der Waals surface area (Å²) in [6.07, 6.45) is 29.4. The van der Waals surface area contributed by atoms with Crippen molar-refractivity contribution in [2.24, 2.45) is 0 Å². The van der Waals surface area contributed by atoms with Crippen LogP contribution in [0.3, 0.4) is 0 Å². The first-order valence-electron chi connectivity index (χ1n) is 25.7. The predicted molar refractivity (Wildman–Crippen MR) is 284 cm³/mol. The van der Waals surface area contributed by atoms with Gasteiger partial charge in [-0.05, 0) is 0 Å². The summed E-state index contributed by atoms with van der Waals surface area (Å²) in [5.41, 5.74) is 2.11. The second-order valence-corrected chi connectivity index (χ2v) is 24.6. The van der Waals surface area contributed by atoms with Crippen molar-refractivity contribution in [2.75, 3.05) is 0 Å². The van der Waals surface area contributed by atoms with E-state index in [0.29, 0.717) is 11.3 Å². The second kappa shape index (κ2) is 26.3. The Bertz CT molecular complexity index is 2190. The molecule has 0 bridgehead atoms. The molecule has 0 unspecified atom stereocenters. The minimum Gasteiger partial charge on any atom is -0.0654 e. The minimum absolute atomic E-state index is 0.355. The molecule has 0 aliphatic carbocycles. The number of benzene rings is 6. The molecule has 3 nitrogen and oxygen atoms in total. The second-order valence-electron chi connectivity index (χ2n) is 18.5. The van der Waals surface area contributed by atoms with Gasteiger partial charge in [0, 0.05) is 0 Å². The third-order valence-electron chi connectivity index (χ3n) is 13.8. The molecule has 65 heavy (non-hydrogen) atoms. The van der Waals surface area contributed by atoms with Crippen LogP contribution in [0.2, 0.25) is 0 Å². The molecule has 6 aromatic carbocycles. The molecule has 0 spiro atoms. The van der Waals surface area contributed by atoms with Crippen LogP contribution in [-0.4, -0.2) is 8.42 Å². The molecular weight excluding hydrogens is 832 g/mol. The van der Waals surface area contributed by atoms with Gasteiger partial charge in [-0.15, -0.1) is 0 Å². The molecule has 348 valence electrons. The minimum atomic E-state index is -4.56. The van der Waals surface area contributed by atoms with Gasteiger partial charge in [0.05, 0.1) is 0 Å². The summed E-state index contributed by atoms with van der Waals surface area (Å²) in [5.74, 6) is 0. The van der Waals surface area contributed by atoms with Gasteiger partial charge in [0.25, 0.3) is 0 Å². The molecule has 0 saturated heterocycles. The Hall–Kier alpha value is -4.08. The van der Waals surface area contributed by atoms with E-state index in [9.17, 15) is 0 Å². The van der Waals surface area contributed by atoms with Crippen LogP contribution in [-0.2, 0) is 26.9 Å². The van der Waals surface area contributed by atoms with Crippen LogP contribution in [0.1, 0.15) is 166 Å². The Labute approximate surface area is 395 Å². The molecule has 0 fully saturated rings. The Kier molecular flexibility index (Phi) is 20.4. The van der Waals surface area contributed by atoms with E-state index < -0.39 is 16.9 Å². The molecule has 0 amide bonds. The zero-order chi connectivity index (χ0) is 45.5. The third kappa shape index (κ3) is 12.7. The van der Waals surface area contributed by atoms with Gasteiger partial charge >= 0.3 is 325 Å². The molecule has 0 radical (unpaired) electrons. The van der Waals surface area contributed by atoms with Gasteiger partial charge in [0.15, 0.2) is 0 Å². The van der Waals surface area contributed by atoms with Crippen molar-refractivity contribution in [3.8, 4) is 0 Å². The van der Waals surface area contributed by atoms with Crippen LogP contribution in [0, 0.1) is 0 Å². The standard InChI is InChI=1S/C60H79O3PS/c1-3-5-7-9-11-13-15-17-19-21-27-39-52-51-53-40-37-38-50-59(53)60(58(52)49-36-22-20-18-16-14-12-10-8-6-4-2)65(61,62)63-64(54-41-28-23-29-42-54,55-43-30-24-31-44-55,56-45-32-25-33-46-56)57-47-34-26-35-48-57/h23-26,28-35,37-38,40-48,50-51H,3-22,27,36,39,49H2,1-2H3. The van der Waals surface area contributed by atoms with E-state index in [1.807, 2.05) is 91.0 Å². The molecule has 5 heteroatoms. The smallest absolute Gasteiger partial charge is 0.0654 e. The SMILES string of the molecule is CCCCCCCCCCCCCc1cc2ccccc2c(S(=O)(=O)OP(c2ccccc2)(c2ccccc2)(c2ccccc2)c2ccccc2)c1CCCCCCCCCCCCC. The predicted octanol–water partition coefficient (Wildman–Crippen LogP) is 16.0. The van der Waals surface area contributed by atoms with Crippen LogP contribution >= 0.6 is 6.83 Å². The molecule has 0 N–H and O–H groups in total. The van der Waals surface area contributed by atoms with E-state index in [1.165, 1.54) is 116 Å². The van der Waals surface area contributed by atoms with Gasteiger partial charge in [0.2, 0.25) is 0 Å². The molecule has 0 aliphatic heterocycles. The number of unbranched alkanes of at least 4 members (excludes halogenated alkanes) is 20. The Morgan fingerprint density at radius 3 is 1.09 bits per heavy atom. The molecule has 6 rings (SSSR count). The first-order valence-corrected chi connectivity index (χ1v) is 29.3. The third-order valence-corrected chi connectivity index (χ3v) is 21.8. The van der Waals surface area contributed by atoms with Gasteiger partial charge < -0.3 is 0 Å². The van der Waals surface area contributed by atoms with Gasteiger partial charge in [-0.25, -0.2) is 0 Å². The normalized spacial score (nSPS) is 12.6. The monoisotopic (exact) mass is 911 g/mol. The Morgan fingerprint density at radius 1 is 0.385 bits per heavy atom. The fraction of sp³-hybridized carbons (Fsp3) is 0.433. The van der Waals surface area contributed by atoms with Gasteiger partial charge in [-0.2, -0.15) is 0 Å². The van der Waals surface area contributed by atoms with E-state index in [1.54, 1.807) is 0 Å². The Balaban J connectivity index is 1.41. The van der Waals surface area contributed by atoms with Crippen molar-refractivity contribution >= 4 is 48.9 Å². The molecule has 0 saturated carbocycles. The first kappa shape index (κ1) is 50.3. The maximum absolute atomic E-state index is 16.4. The van der Waals surface area contributed by atoms with E-state index in [4.69, 9.17) is 3.97 Å². The number of rotatable bonds is 31. The van der Waals surface area contributed by atoms with Crippen molar-refractivity contribution in [3.05, 3.63) is 163 Å². The first-order chi connectivity index (χ1) is 32.0. The van der Waals surface area contributed by atoms with Crippen molar-refractivity contribution in [3.63, 3.8) is 0 Å². The van der Waals surface area contributed by atoms with E-state index in [-0.39, 0.29) is 0 Å². The number of hydrogen-bond donors (Lipinski definition) is 0. The fourth-order valence-electron chi connectivity index (χ4n) is 10.3. The van der Waals surface area contributed by atoms with Crippen molar-refractivity contribution < 1.29 is 12.4 Å². The fourth-order valence-corrected chi connectivity index (χ4v) is 19.3. The number of aryl methyl sites for hydroxylation is 1. The molecule has 0 heterocycles. The summed E-state index contributed by atoms with van der Waals surface area (Å²) >= 11 is 0. The molecule has 0 atom stereocenters. The van der Waals surface area contributed by atoms with Gasteiger partial charge in [0.1, 0.15) is 0 Å². The van der Waals surface area contributed by atoms with Crippen LogP contribution in [0.15, 0.2) is 157 Å². The van der Waals surface area contributed by atoms with Crippen LogP contribution < -0.4 is 21.2 Å². The quantitative estimate of drug-likeness (QED) is 0.0322. The summed E-state index contributed by atoms with van der Waals surface area (Å²) in [7, 11) is -4.51. The van der Waals surface area contributed by atoms with Crippen molar-refractivity contribution in [1.29, 1.82) is 0 Å². The van der Waals surface area contributed by atoms with E-state index in [2.05, 4.69) is 74.5 Å². The van der Waals surface area contributed by atoms with Gasteiger partial charge in [-0.1, -0.05) is 71.6 Å². The Morgan fingerprint density at radius 2 is 0.708 bits per heavy atom. The van der Waals surface area contributed by atoms with Crippen molar-refractivity contribution in [2.45, 2.75) is 173 Å². The summed E-state index contributed by atoms with van der Waals surface area (Å²) in [4.78, 5) is 0.355. The molecular formula is C60H79O3PS. The topological polar surface area (TPSA) is 43.4 Å². The average molecular weight is 911 g/mol. The zero-order valence-corrected chi connectivity index (χ0v) is 41.7. The summed E-state index contributed by atoms with van der Waals surface area (Å²) < 4.78 is 40.5. The van der Waals surface area contributed by atoms with Crippen molar-refractivity contribution in [1.82, 2.24) is 0 Å². The van der Waals surface area contributed by atoms with Crippen LogP contribution in [0.25, 0.3) is 10.8 Å². The zero-order valence-electron chi connectivity index (χ0n) is 40.0.